The van der Waals surface area contributed by atoms with E-state index in [2.05, 4.69) is 15.2 Å². The van der Waals surface area contributed by atoms with Crippen LogP contribution in [0.15, 0.2) is 81.4 Å². The van der Waals surface area contributed by atoms with Gasteiger partial charge in [-0.05, 0) is 66.6 Å². The molecule has 2 aromatic carbocycles. The number of halogens is 1. The van der Waals surface area contributed by atoms with E-state index in [0.717, 1.165) is 33.5 Å². The lowest BCUT2D eigenvalue weighted by molar-refractivity contribution is 0.414. The number of rotatable bonds is 6. The molecule has 0 fully saturated rings. The number of thioether (sulfide) groups is 1. The second-order valence-corrected chi connectivity index (χ2v) is 8.90. The van der Waals surface area contributed by atoms with Gasteiger partial charge in [-0.2, -0.15) is 0 Å². The van der Waals surface area contributed by atoms with E-state index in [4.69, 9.17) is 20.8 Å². The highest BCUT2D eigenvalue weighted by atomic mass is 35.5. The minimum absolute atomic E-state index is 0.404. The number of aryl methyl sites for hydroxylation is 1. The van der Waals surface area contributed by atoms with Crippen molar-refractivity contribution in [2.75, 3.05) is 7.11 Å². The number of hydrogen-bond donors (Lipinski definition) is 0. The van der Waals surface area contributed by atoms with Crippen LogP contribution in [0.3, 0.4) is 0 Å². The fourth-order valence-corrected chi connectivity index (χ4v) is 4.73. The molecule has 0 spiro atoms. The molecule has 0 radical (unpaired) electrons. The van der Waals surface area contributed by atoms with Gasteiger partial charge in [0.05, 0.1) is 7.11 Å². The third kappa shape index (κ3) is 4.30. The van der Waals surface area contributed by atoms with E-state index in [9.17, 15) is 4.79 Å². The minimum atomic E-state index is -0.404. The van der Waals surface area contributed by atoms with Crippen LogP contribution in [0.5, 0.6) is 5.75 Å². The van der Waals surface area contributed by atoms with E-state index in [1.54, 1.807) is 25.6 Å². The molecule has 3 aromatic heterocycles. The Bertz CT molecular complexity index is 1530. The van der Waals surface area contributed by atoms with E-state index >= 15 is 0 Å². The Morgan fingerprint density at radius 1 is 1.06 bits per heavy atom. The van der Waals surface area contributed by atoms with Crippen molar-refractivity contribution in [3.8, 4) is 22.8 Å². The topological polar surface area (TPSA) is 83.0 Å². The first-order chi connectivity index (χ1) is 16.5. The van der Waals surface area contributed by atoms with Crippen LogP contribution in [0.25, 0.3) is 28.0 Å². The molecule has 9 heteroatoms. The van der Waals surface area contributed by atoms with Crippen LogP contribution in [0.1, 0.15) is 11.1 Å². The van der Waals surface area contributed by atoms with Gasteiger partial charge in [0.25, 0.3) is 0 Å². The lowest BCUT2D eigenvalue weighted by atomic mass is 10.1. The number of hydrogen-bond acceptors (Lipinski definition) is 7. The highest BCUT2D eigenvalue weighted by Crippen LogP contribution is 2.32. The van der Waals surface area contributed by atoms with Crippen molar-refractivity contribution in [3.05, 3.63) is 93.6 Å². The molecule has 0 N–H and O–H groups in total. The van der Waals surface area contributed by atoms with Gasteiger partial charge in [-0.1, -0.05) is 23.4 Å². The number of benzene rings is 2. The van der Waals surface area contributed by atoms with Crippen LogP contribution in [0, 0.1) is 6.92 Å². The second kappa shape index (κ2) is 9.32. The Morgan fingerprint density at radius 2 is 1.82 bits per heavy atom. The number of nitrogens with zero attached hydrogens (tertiary/aromatic N) is 4. The maximum Gasteiger partial charge on any atom is 0.336 e. The van der Waals surface area contributed by atoms with Gasteiger partial charge in [-0.25, -0.2) is 4.79 Å². The zero-order chi connectivity index (χ0) is 23.7. The summed E-state index contributed by atoms with van der Waals surface area (Å²) < 4.78 is 12.7. The maximum absolute atomic E-state index is 12.2. The van der Waals surface area contributed by atoms with Crippen molar-refractivity contribution >= 4 is 34.3 Å². The zero-order valence-electron chi connectivity index (χ0n) is 18.4. The summed E-state index contributed by atoms with van der Waals surface area (Å²) in [6.07, 6.45) is 3.44. The summed E-state index contributed by atoms with van der Waals surface area (Å²) >= 11 is 7.82. The van der Waals surface area contributed by atoms with Gasteiger partial charge >= 0.3 is 5.63 Å². The molecule has 0 atom stereocenters. The molecule has 34 heavy (non-hydrogen) atoms. The monoisotopic (exact) mass is 490 g/mol. The molecule has 0 aliphatic rings. The van der Waals surface area contributed by atoms with Crippen LogP contribution in [-0.2, 0) is 5.75 Å². The third-order valence-corrected chi connectivity index (χ3v) is 6.75. The van der Waals surface area contributed by atoms with Crippen LogP contribution >= 0.6 is 23.4 Å². The quantitative estimate of drug-likeness (QED) is 0.223. The Morgan fingerprint density at radius 3 is 2.56 bits per heavy atom. The molecular weight excluding hydrogens is 472 g/mol. The second-order valence-electron chi connectivity index (χ2n) is 7.55. The Hall–Kier alpha value is -3.62. The number of aromatic nitrogens is 4. The lowest BCUT2D eigenvalue weighted by Crippen LogP contribution is -2.02. The van der Waals surface area contributed by atoms with E-state index in [1.165, 1.54) is 17.8 Å². The molecule has 7 nitrogen and oxygen atoms in total. The number of pyridine rings is 1. The molecule has 5 rings (SSSR count). The third-order valence-electron chi connectivity index (χ3n) is 5.37. The SMILES string of the molecule is COc1ccc(-n2c(SCc3cc(=O)oc4cc(C)c(Cl)cc34)nnc2-c2ccncc2)cc1. The molecule has 170 valence electrons. The first kappa shape index (κ1) is 22.2. The van der Waals surface area contributed by atoms with Gasteiger partial charge in [0, 0.05) is 45.9 Å². The predicted octanol–water partition coefficient (Wildman–Crippen LogP) is 5.70. The highest BCUT2D eigenvalue weighted by molar-refractivity contribution is 7.98. The van der Waals surface area contributed by atoms with Crippen molar-refractivity contribution in [1.29, 1.82) is 0 Å². The van der Waals surface area contributed by atoms with Crippen LogP contribution in [0.4, 0.5) is 0 Å². The summed E-state index contributed by atoms with van der Waals surface area (Å²) in [5, 5.41) is 11.0. The molecule has 0 amide bonds. The van der Waals surface area contributed by atoms with E-state index in [1.807, 2.05) is 54.0 Å². The molecule has 0 saturated carbocycles. The molecule has 0 aliphatic carbocycles. The average molecular weight is 491 g/mol. The molecule has 5 aromatic rings. The summed E-state index contributed by atoms with van der Waals surface area (Å²) in [7, 11) is 1.63. The van der Waals surface area contributed by atoms with Gasteiger partial charge in [0.15, 0.2) is 11.0 Å². The highest BCUT2D eigenvalue weighted by Gasteiger charge is 2.18. The van der Waals surface area contributed by atoms with Gasteiger partial charge < -0.3 is 9.15 Å². The number of ether oxygens (including phenoxy) is 1. The van der Waals surface area contributed by atoms with E-state index in [0.29, 0.717) is 27.3 Å². The summed E-state index contributed by atoms with van der Waals surface area (Å²) in [4.78, 5) is 16.3. The van der Waals surface area contributed by atoms with Crippen LogP contribution in [0.2, 0.25) is 5.02 Å². The lowest BCUT2D eigenvalue weighted by Gasteiger charge is -2.12. The fraction of sp³-hybridized carbons (Fsp3) is 0.120. The minimum Gasteiger partial charge on any atom is -0.497 e. The Balaban J connectivity index is 1.57. The molecule has 3 heterocycles. The van der Waals surface area contributed by atoms with Crippen LogP contribution < -0.4 is 10.4 Å². The van der Waals surface area contributed by atoms with Gasteiger partial charge in [-0.15, -0.1) is 10.2 Å². The Kier molecular flexibility index (Phi) is 6.08. The summed E-state index contributed by atoms with van der Waals surface area (Å²) in [5.74, 6) is 1.92. The average Bonchev–Trinajstić information content (AvgIpc) is 3.28. The van der Waals surface area contributed by atoms with Crippen molar-refractivity contribution in [3.63, 3.8) is 0 Å². The largest absolute Gasteiger partial charge is 0.497 e. The molecular formula is C25H19ClN4O3S. The molecule has 0 saturated heterocycles. The van der Waals surface area contributed by atoms with Crippen molar-refractivity contribution in [2.24, 2.45) is 0 Å². The molecule has 0 unspecified atom stereocenters. The predicted molar refractivity (Wildman–Crippen MR) is 133 cm³/mol. The summed E-state index contributed by atoms with van der Waals surface area (Å²) in [6, 6.07) is 16.6. The van der Waals surface area contributed by atoms with E-state index in [-0.39, 0.29) is 0 Å². The van der Waals surface area contributed by atoms with Gasteiger partial charge in [-0.3, -0.25) is 9.55 Å². The zero-order valence-corrected chi connectivity index (χ0v) is 19.9. The number of methoxy groups -OCH3 is 1. The van der Waals surface area contributed by atoms with Crippen molar-refractivity contribution in [1.82, 2.24) is 19.7 Å². The summed E-state index contributed by atoms with van der Waals surface area (Å²) in [5.41, 5.74) is 3.55. The van der Waals surface area contributed by atoms with Crippen LogP contribution in [-0.4, -0.2) is 26.9 Å². The van der Waals surface area contributed by atoms with Gasteiger partial charge in [0.1, 0.15) is 11.3 Å². The smallest absolute Gasteiger partial charge is 0.336 e. The summed E-state index contributed by atoms with van der Waals surface area (Å²) in [6.45, 7) is 1.88. The normalized spacial score (nSPS) is 11.1. The Labute approximate surface area is 204 Å². The number of fused-ring (bicyclic) bond motifs is 1. The van der Waals surface area contributed by atoms with Crippen molar-refractivity contribution in [2.45, 2.75) is 17.8 Å². The van der Waals surface area contributed by atoms with Crippen molar-refractivity contribution < 1.29 is 9.15 Å². The molecule has 0 bridgehead atoms. The maximum atomic E-state index is 12.2. The van der Waals surface area contributed by atoms with E-state index < -0.39 is 5.63 Å². The van der Waals surface area contributed by atoms with Gasteiger partial charge in [0.2, 0.25) is 0 Å². The first-order valence-electron chi connectivity index (χ1n) is 10.4. The standard InChI is InChI=1S/C25H19ClN4O3S/c1-15-11-22-20(13-21(15)26)17(12-23(31)33-22)14-34-25-29-28-24(16-7-9-27-10-8-16)30(25)18-3-5-19(32-2)6-4-18/h3-13H,14H2,1-2H3. The first-order valence-corrected chi connectivity index (χ1v) is 11.8. The fourth-order valence-electron chi connectivity index (χ4n) is 3.63. The molecule has 0 aliphatic heterocycles.